The molecule has 25 heavy (non-hydrogen) atoms. The van der Waals surface area contributed by atoms with E-state index < -0.39 is 17.7 Å². The number of hydrogen-bond acceptors (Lipinski definition) is 5. The van der Waals surface area contributed by atoms with Crippen molar-refractivity contribution in [1.29, 1.82) is 0 Å². The lowest BCUT2D eigenvalue weighted by molar-refractivity contribution is -0.138. The van der Waals surface area contributed by atoms with Gasteiger partial charge in [0.2, 0.25) is 11.8 Å². The highest BCUT2D eigenvalue weighted by Crippen LogP contribution is 2.29. The zero-order valence-corrected chi connectivity index (χ0v) is 13.7. The van der Waals surface area contributed by atoms with E-state index in [2.05, 4.69) is 5.32 Å². The van der Waals surface area contributed by atoms with Crippen LogP contribution in [-0.2, 0) is 14.4 Å². The second-order valence-corrected chi connectivity index (χ2v) is 6.37. The Morgan fingerprint density at radius 2 is 1.96 bits per heavy atom. The molecule has 0 bridgehead atoms. The van der Waals surface area contributed by atoms with Crippen molar-refractivity contribution in [3.63, 3.8) is 0 Å². The predicted octanol–water partition coefficient (Wildman–Crippen LogP) is 0.552. The number of imide groups is 1. The van der Waals surface area contributed by atoms with E-state index in [4.69, 9.17) is 5.11 Å². The molecule has 2 heterocycles. The van der Waals surface area contributed by atoms with Crippen molar-refractivity contribution in [2.75, 3.05) is 37.6 Å². The van der Waals surface area contributed by atoms with Crippen molar-refractivity contribution in [3.05, 3.63) is 29.6 Å². The number of anilines is 1. The number of amides is 2. The van der Waals surface area contributed by atoms with Gasteiger partial charge in [-0.05, 0) is 24.1 Å². The standard InChI is InChI=1S/C17H20FN3O4/c18-13-9-11(12-2-4-15(22)19-17(12)25)1-3-14(13)21-7-5-20(6-8-21)10-16(23)24/h1,3,9,12H,2,4-8,10H2,(H,23,24)(H,19,22,25). The fourth-order valence-corrected chi connectivity index (χ4v) is 3.35. The highest BCUT2D eigenvalue weighted by molar-refractivity contribution is 6.00. The fraction of sp³-hybridized carbons (Fsp3) is 0.471. The van der Waals surface area contributed by atoms with Crippen molar-refractivity contribution in [2.45, 2.75) is 18.8 Å². The largest absolute Gasteiger partial charge is 0.480 e. The van der Waals surface area contributed by atoms with Gasteiger partial charge in [0.25, 0.3) is 0 Å². The van der Waals surface area contributed by atoms with Crippen LogP contribution in [0.1, 0.15) is 24.3 Å². The van der Waals surface area contributed by atoms with Gasteiger partial charge in [-0.1, -0.05) is 6.07 Å². The molecule has 1 aromatic carbocycles. The molecule has 3 rings (SSSR count). The summed E-state index contributed by atoms with van der Waals surface area (Å²) in [5, 5.41) is 11.1. The van der Waals surface area contributed by atoms with E-state index in [1.807, 2.05) is 9.80 Å². The number of piperidine rings is 1. The molecular weight excluding hydrogens is 329 g/mol. The summed E-state index contributed by atoms with van der Waals surface area (Å²) >= 11 is 0. The van der Waals surface area contributed by atoms with Gasteiger partial charge in [0.1, 0.15) is 5.82 Å². The number of carboxylic acids is 1. The summed E-state index contributed by atoms with van der Waals surface area (Å²) in [6.45, 7) is 2.19. The highest BCUT2D eigenvalue weighted by atomic mass is 19.1. The summed E-state index contributed by atoms with van der Waals surface area (Å²) in [7, 11) is 0. The minimum atomic E-state index is -0.867. The monoisotopic (exact) mass is 349 g/mol. The predicted molar refractivity (Wildman–Crippen MR) is 87.8 cm³/mol. The minimum Gasteiger partial charge on any atom is -0.480 e. The molecule has 0 aliphatic carbocycles. The summed E-state index contributed by atoms with van der Waals surface area (Å²) in [6.07, 6.45) is 0.641. The van der Waals surface area contributed by atoms with Gasteiger partial charge < -0.3 is 10.0 Å². The van der Waals surface area contributed by atoms with Gasteiger partial charge in [-0.2, -0.15) is 0 Å². The lowest BCUT2D eigenvalue weighted by atomic mass is 9.90. The van der Waals surface area contributed by atoms with Crippen molar-refractivity contribution in [3.8, 4) is 0 Å². The molecule has 134 valence electrons. The van der Waals surface area contributed by atoms with Crippen molar-refractivity contribution in [1.82, 2.24) is 10.2 Å². The molecule has 1 atom stereocenters. The van der Waals surface area contributed by atoms with Crippen LogP contribution in [0.2, 0.25) is 0 Å². The molecule has 1 unspecified atom stereocenters. The van der Waals surface area contributed by atoms with Gasteiger partial charge >= 0.3 is 5.97 Å². The molecule has 0 saturated carbocycles. The Labute approximate surface area is 144 Å². The first-order chi connectivity index (χ1) is 11.9. The molecule has 0 radical (unpaired) electrons. The molecule has 2 amide bonds. The maximum absolute atomic E-state index is 14.6. The van der Waals surface area contributed by atoms with Crippen molar-refractivity contribution < 1.29 is 23.9 Å². The zero-order valence-electron chi connectivity index (χ0n) is 13.7. The van der Waals surface area contributed by atoms with Crippen LogP contribution >= 0.6 is 0 Å². The first kappa shape index (κ1) is 17.3. The molecule has 7 nitrogen and oxygen atoms in total. The van der Waals surface area contributed by atoms with Crippen molar-refractivity contribution in [2.24, 2.45) is 0 Å². The number of benzene rings is 1. The second-order valence-electron chi connectivity index (χ2n) is 6.37. The van der Waals surface area contributed by atoms with Gasteiger partial charge in [0.05, 0.1) is 18.2 Å². The number of halogens is 1. The van der Waals surface area contributed by atoms with Crippen LogP contribution in [0.3, 0.4) is 0 Å². The quantitative estimate of drug-likeness (QED) is 0.772. The van der Waals surface area contributed by atoms with Gasteiger partial charge in [0, 0.05) is 32.6 Å². The van der Waals surface area contributed by atoms with E-state index in [0.717, 1.165) is 0 Å². The fourth-order valence-electron chi connectivity index (χ4n) is 3.35. The van der Waals surface area contributed by atoms with Crippen molar-refractivity contribution >= 4 is 23.5 Å². The third kappa shape index (κ3) is 3.96. The Bertz CT molecular complexity index is 701. The van der Waals surface area contributed by atoms with E-state index in [-0.39, 0.29) is 24.8 Å². The third-order valence-electron chi connectivity index (χ3n) is 4.69. The molecule has 8 heteroatoms. The number of carbonyl (C=O) groups excluding carboxylic acids is 2. The third-order valence-corrected chi connectivity index (χ3v) is 4.69. The number of piperazine rings is 1. The second kappa shape index (κ2) is 7.18. The maximum atomic E-state index is 14.6. The van der Waals surface area contributed by atoms with Gasteiger partial charge in [0.15, 0.2) is 0 Å². The zero-order chi connectivity index (χ0) is 18.0. The summed E-state index contributed by atoms with van der Waals surface area (Å²) in [5.41, 5.74) is 1.02. The molecule has 2 aliphatic heterocycles. The SMILES string of the molecule is O=C(O)CN1CCN(c2ccc(C3CCC(=O)NC3=O)cc2F)CC1. The molecule has 0 aromatic heterocycles. The van der Waals surface area contributed by atoms with E-state index in [1.54, 1.807) is 12.1 Å². The summed E-state index contributed by atoms with van der Waals surface area (Å²) < 4.78 is 14.6. The summed E-state index contributed by atoms with van der Waals surface area (Å²) in [5.74, 6) is -2.46. The Balaban J connectivity index is 1.68. The molecular formula is C17H20FN3O4. The number of aliphatic carboxylic acids is 1. The van der Waals surface area contributed by atoms with E-state index in [1.165, 1.54) is 6.07 Å². The summed E-state index contributed by atoms with van der Waals surface area (Å²) in [6, 6.07) is 4.74. The molecule has 1 aromatic rings. The first-order valence-corrected chi connectivity index (χ1v) is 8.26. The number of nitrogens with one attached hydrogen (secondary N) is 1. The van der Waals surface area contributed by atoms with E-state index >= 15 is 0 Å². The van der Waals surface area contributed by atoms with Gasteiger partial charge in [-0.3, -0.25) is 24.6 Å². The van der Waals surface area contributed by atoms with Crippen LogP contribution in [0.25, 0.3) is 0 Å². The Kier molecular flexibility index (Phi) is 4.98. The normalized spacial score (nSPS) is 22.0. The molecule has 2 saturated heterocycles. The molecule has 2 N–H and O–H groups in total. The van der Waals surface area contributed by atoms with Gasteiger partial charge in [-0.15, -0.1) is 0 Å². The molecule has 0 spiro atoms. The molecule has 2 aliphatic rings. The van der Waals surface area contributed by atoms with Crippen LogP contribution in [0.15, 0.2) is 18.2 Å². The summed E-state index contributed by atoms with van der Waals surface area (Å²) in [4.78, 5) is 37.6. The lowest BCUT2D eigenvalue weighted by Crippen LogP contribution is -2.48. The highest BCUT2D eigenvalue weighted by Gasteiger charge is 2.29. The van der Waals surface area contributed by atoms with Crippen LogP contribution in [0.4, 0.5) is 10.1 Å². The maximum Gasteiger partial charge on any atom is 0.317 e. The van der Waals surface area contributed by atoms with Crippen LogP contribution in [-0.4, -0.2) is 60.5 Å². The number of carbonyl (C=O) groups is 3. The van der Waals surface area contributed by atoms with E-state index in [0.29, 0.717) is 43.9 Å². The Morgan fingerprint density at radius 3 is 2.56 bits per heavy atom. The van der Waals surface area contributed by atoms with Crippen LogP contribution in [0.5, 0.6) is 0 Å². The van der Waals surface area contributed by atoms with Gasteiger partial charge in [-0.25, -0.2) is 4.39 Å². The number of hydrogen-bond donors (Lipinski definition) is 2. The smallest absolute Gasteiger partial charge is 0.317 e. The first-order valence-electron chi connectivity index (χ1n) is 8.26. The number of rotatable bonds is 4. The topological polar surface area (TPSA) is 89.9 Å². The van der Waals surface area contributed by atoms with Crippen LogP contribution in [0, 0.1) is 5.82 Å². The minimum absolute atomic E-state index is 0.00916. The number of carboxylic acid groups (broad SMARTS) is 1. The average Bonchev–Trinajstić information content (AvgIpc) is 2.55. The van der Waals surface area contributed by atoms with Crippen LogP contribution < -0.4 is 10.2 Å². The Hall–Kier alpha value is -2.48. The average molecular weight is 349 g/mol. The number of nitrogens with zero attached hydrogens (tertiary/aromatic N) is 2. The Morgan fingerprint density at radius 1 is 1.24 bits per heavy atom. The lowest BCUT2D eigenvalue weighted by Gasteiger charge is -2.35. The van der Waals surface area contributed by atoms with E-state index in [9.17, 15) is 18.8 Å². The molecule has 2 fully saturated rings.